The average Bonchev–Trinajstić information content (AvgIpc) is 2.54. The molecule has 1 heterocycles. The normalized spacial score (nSPS) is 10.6. The average molecular weight is 280 g/mol. The summed E-state index contributed by atoms with van der Waals surface area (Å²) in [6.45, 7) is 2.01. The van der Waals surface area contributed by atoms with E-state index in [1.165, 1.54) is 11.7 Å². The second-order valence-corrected chi connectivity index (χ2v) is 4.61. The van der Waals surface area contributed by atoms with Crippen LogP contribution in [0.15, 0.2) is 48.8 Å². The molecule has 2 aromatic carbocycles. The Morgan fingerprint density at radius 3 is 2.67 bits per heavy atom. The lowest BCUT2D eigenvalue weighted by Gasteiger charge is -2.12. The van der Waals surface area contributed by atoms with Crippen molar-refractivity contribution in [1.29, 1.82) is 0 Å². The molecule has 0 saturated heterocycles. The highest BCUT2D eigenvalue weighted by molar-refractivity contribution is 5.83. The number of nitrogen functional groups attached to an aromatic ring is 1. The zero-order valence-electron chi connectivity index (χ0n) is 11.7. The number of hydrogen-bond donors (Lipinski definition) is 2. The first-order chi connectivity index (χ1) is 10.3. The standard InChI is InChI=1S/C16H16N4O/c1-2-14-15(20-17)18-10-19-16(14)21-13-8-7-11-5-3-4-6-12(11)9-13/h3-10H,2,17H2,1H3,(H,18,19,20). The molecule has 0 unspecified atom stereocenters. The highest BCUT2D eigenvalue weighted by Crippen LogP contribution is 2.29. The number of aromatic nitrogens is 2. The van der Waals surface area contributed by atoms with Gasteiger partial charge in [-0.25, -0.2) is 15.8 Å². The smallest absolute Gasteiger partial charge is 0.227 e. The Morgan fingerprint density at radius 2 is 1.90 bits per heavy atom. The van der Waals surface area contributed by atoms with E-state index >= 15 is 0 Å². The van der Waals surface area contributed by atoms with Crippen LogP contribution in [-0.4, -0.2) is 9.97 Å². The van der Waals surface area contributed by atoms with E-state index in [4.69, 9.17) is 10.6 Å². The maximum atomic E-state index is 5.90. The maximum absolute atomic E-state index is 5.90. The van der Waals surface area contributed by atoms with Crippen LogP contribution < -0.4 is 16.0 Å². The van der Waals surface area contributed by atoms with Crippen molar-refractivity contribution in [2.45, 2.75) is 13.3 Å². The van der Waals surface area contributed by atoms with Gasteiger partial charge >= 0.3 is 0 Å². The summed E-state index contributed by atoms with van der Waals surface area (Å²) in [6.07, 6.45) is 2.16. The van der Waals surface area contributed by atoms with E-state index in [-0.39, 0.29) is 0 Å². The van der Waals surface area contributed by atoms with Crippen LogP contribution in [0, 0.1) is 0 Å². The third-order valence-electron chi connectivity index (χ3n) is 3.33. The number of nitrogens with zero attached hydrogens (tertiary/aromatic N) is 2. The molecule has 3 aromatic rings. The van der Waals surface area contributed by atoms with E-state index < -0.39 is 0 Å². The van der Waals surface area contributed by atoms with Gasteiger partial charge in [-0.15, -0.1) is 0 Å². The third-order valence-corrected chi connectivity index (χ3v) is 3.33. The van der Waals surface area contributed by atoms with Gasteiger partial charge in [0.15, 0.2) is 0 Å². The molecule has 0 bridgehead atoms. The molecule has 0 spiro atoms. The summed E-state index contributed by atoms with van der Waals surface area (Å²) < 4.78 is 5.90. The van der Waals surface area contributed by atoms with Gasteiger partial charge < -0.3 is 10.2 Å². The van der Waals surface area contributed by atoms with Crippen LogP contribution in [-0.2, 0) is 6.42 Å². The molecule has 0 saturated carbocycles. The fourth-order valence-corrected chi connectivity index (χ4v) is 2.27. The molecule has 5 nitrogen and oxygen atoms in total. The van der Waals surface area contributed by atoms with E-state index in [0.717, 1.165) is 23.1 Å². The molecule has 0 aliphatic heterocycles. The lowest BCUT2D eigenvalue weighted by molar-refractivity contribution is 0.456. The van der Waals surface area contributed by atoms with Crippen LogP contribution >= 0.6 is 0 Å². The summed E-state index contributed by atoms with van der Waals surface area (Å²) in [4.78, 5) is 8.30. The second kappa shape index (κ2) is 5.76. The minimum Gasteiger partial charge on any atom is -0.439 e. The van der Waals surface area contributed by atoms with Crippen molar-refractivity contribution < 1.29 is 4.74 Å². The van der Waals surface area contributed by atoms with Crippen molar-refractivity contribution in [2.75, 3.05) is 5.43 Å². The van der Waals surface area contributed by atoms with Gasteiger partial charge in [0, 0.05) is 0 Å². The van der Waals surface area contributed by atoms with E-state index in [9.17, 15) is 0 Å². The van der Waals surface area contributed by atoms with Gasteiger partial charge in [0.1, 0.15) is 17.9 Å². The largest absolute Gasteiger partial charge is 0.439 e. The van der Waals surface area contributed by atoms with Gasteiger partial charge in [-0.3, -0.25) is 0 Å². The molecule has 0 radical (unpaired) electrons. The number of anilines is 1. The fraction of sp³-hybridized carbons (Fsp3) is 0.125. The zero-order valence-corrected chi connectivity index (χ0v) is 11.7. The van der Waals surface area contributed by atoms with Gasteiger partial charge in [0.25, 0.3) is 0 Å². The summed E-state index contributed by atoms with van der Waals surface area (Å²) in [5.41, 5.74) is 3.43. The van der Waals surface area contributed by atoms with Crippen molar-refractivity contribution in [3.8, 4) is 11.6 Å². The summed E-state index contributed by atoms with van der Waals surface area (Å²) in [5.74, 6) is 7.32. The Labute approximate surface area is 122 Å². The monoisotopic (exact) mass is 280 g/mol. The van der Waals surface area contributed by atoms with Crippen LogP contribution in [0.3, 0.4) is 0 Å². The number of hydrazine groups is 1. The molecule has 21 heavy (non-hydrogen) atoms. The Hall–Kier alpha value is -2.66. The molecule has 3 N–H and O–H groups in total. The summed E-state index contributed by atoms with van der Waals surface area (Å²) >= 11 is 0. The molecule has 0 atom stereocenters. The molecular formula is C16H16N4O. The molecule has 0 aliphatic rings. The van der Waals surface area contributed by atoms with Crippen molar-refractivity contribution >= 4 is 16.6 Å². The van der Waals surface area contributed by atoms with Gasteiger partial charge in [-0.1, -0.05) is 37.3 Å². The highest BCUT2D eigenvalue weighted by atomic mass is 16.5. The SMILES string of the molecule is CCc1c(NN)ncnc1Oc1ccc2ccccc2c1. The number of nitrogens with two attached hydrogens (primary N) is 1. The predicted octanol–water partition coefficient (Wildman–Crippen LogP) is 3.27. The Kier molecular flexibility index (Phi) is 3.66. The lowest BCUT2D eigenvalue weighted by Crippen LogP contribution is -2.12. The molecule has 0 aliphatic carbocycles. The van der Waals surface area contributed by atoms with Crippen LogP contribution in [0.5, 0.6) is 11.6 Å². The van der Waals surface area contributed by atoms with Crippen LogP contribution in [0.1, 0.15) is 12.5 Å². The van der Waals surface area contributed by atoms with Gasteiger partial charge in [-0.05, 0) is 29.3 Å². The number of ether oxygens (including phenoxy) is 1. The molecule has 0 amide bonds. The first kappa shape index (κ1) is 13.3. The number of rotatable bonds is 4. The van der Waals surface area contributed by atoms with E-state index in [0.29, 0.717) is 11.7 Å². The Bertz CT molecular complexity index is 773. The molecule has 0 fully saturated rings. The minimum atomic E-state index is 0.524. The van der Waals surface area contributed by atoms with Crippen molar-refractivity contribution in [2.24, 2.45) is 5.84 Å². The van der Waals surface area contributed by atoms with E-state index in [1.807, 2.05) is 37.3 Å². The van der Waals surface area contributed by atoms with Gasteiger partial charge in [0.2, 0.25) is 5.88 Å². The second-order valence-electron chi connectivity index (χ2n) is 4.61. The van der Waals surface area contributed by atoms with Crippen LogP contribution in [0.2, 0.25) is 0 Å². The van der Waals surface area contributed by atoms with Gasteiger partial charge in [0.05, 0.1) is 5.56 Å². The Morgan fingerprint density at radius 1 is 1.10 bits per heavy atom. The summed E-state index contributed by atoms with van der Waals surface area (Å²) in [7, 11) is 0. The van der Waals surface area contributed by atoms with E-state index in [1.54, 1.807) is 0 Å². The quantitative estimate of drug-likeness (QED) is 0.567. The molecule has 1 aromatic heterocycles. The number of hydrogen-bond acceptors (Lipinski definition) is 5. The lowest BCUT2D eigenvalue weighted by atomic mass is 10.1. The van der Waals surface area contributed by atoms with Crippen LogP contribution in [0.4, 0.5) is 5.82 Å². The zero-order chi connectivity index (χ0) is 14.7. The molecular weight excluding hydrogens is 264 g/mol. The maximum Gasteiger partial charge on any atom is 0.227 e. The molecule has 3 rings (SSSR count). The van der Waals surface area contributed by atoms with Crippen molar-refractivity contribution in [1.82, 2.24) is 9.97 Å². The minimum absolute atomic E-state index is 0.524. The van der Waals surface area contributed by atoms with Gasteiger partial charge in [-0.2, -0.15) is 0 Å². The fourth-order valence-electron chi connectivity index (χ4n) is 2.27. The predicted molar refractivity (Wildman–Crippen MR) is 83.2 cm³/mol. The van der Waals surface area contributed by atoms with E-state index in [2.05, 4.69) is 27.5 Å². The van der Waals surface area contributed by atoms with Crippen molar-refractivity contribution in [3.63, 3.8) is 0 Å². The van der Waals surface area contributed by atoms with Crippen molar-refractivity contribution in [3.05, 3.63) is 54.4 Å². The highest BCUT2D eigenvalue weighted by Gasteiger charge is 2.11. The Balaban J connectivity index is 1.98. The topological polar surface area (TPSA) is 73.1 Å². The third kappa shape index (κ3) is 2.64. The molecule has 106 valence electrons. The first-order valence-corrected chi connectivity index (χ1v) is 6.79. The first-order valence-electron chi connectivity index (χ1n) is 6.79. The summed E-state index contributed by atoms with van der Waals surface area (Å²) in [6, 6.07) is 14.1. The summed E-state index contributed by atoms with van der Waals surface area (Å²) in [5, 5.41) is 2.30. The number of benzene rings is 2. The number of fused-ring (bicyclic) bond motifs is 1. The molecule has 5 heteroatoms. The number of nitrogens with one attached hydrogen (secondary N) is 1. The van der Waals surface area contributed by atoms with Crippen LogP contribution in [0.25, 0.3) is 10.8 Å².